The number of benzene rings is 1. The molecule has 3 nitrogen and oxygen atoms in total. The molecule has 0 aliphatic carbocycles. The van der Waals surface area contributed by atoms with E-state index in [0.717, 1.165) is 32.5 Å². The van der Waals surface area contributed by atoms with Gasteiger partial charge in [0.25, 0.3) is 0 Å². The summed E-state index contributed by atoms with van der Waals surface area (Å²) in [6.07, 6.45) is 2.47. The van der Waals surface area contributed by atoms with Crippen LogP contribution in [0.3, 0.4) is 0 Å². The van der Waals surface area contributed by atoms with Crippen LogP contribution in [-0.4, -0.2) is 37.2 Å². The number of hydrogen-bond acceptors (Lipinski definition) is 3. The highest BCUT2D eigenvalue weighted by Gasteiger charge is 2.23. The van der Waals surface area contributed by atoms with E-state index in [1.165, 1.54) is 11.1 Å². The summed E-state index contributed by atoms with van der Waals surface area (Å²) >= 11 is 0. The second-order valence-corrected chi connectivity index (χ2v) is 5.38. The van der Waals surface area contributed by atoms with Crippen LogP contribution in [-0.2, 0) is 11.2 Å². The van der Waals surface area contributed by atoms with Crippen molar-refractivity contribution in [3.63, 3.8) is 0 Å². The average Bonchev–Trinajstić information content (AvgIpc) is 2.65. The molecule has 0 saturated carbocycles. The Balaban J connectivity index is 2.12. The second kappa shape index (κ2) is 7.04. The van der Waals surface area contributed by atoms with E-state index in [1.807, 2.05) is 0 Å². The molecule has 2 N–H and O–H groups in total. The maximum atomic E-state index is 6.02. The minimum atomic E-state index is 0.298. The molecule has 1 aromatic rings. The summed E-state index contributed by atoms with van der Waals surface area (Å²) in [6, 6.07) is 9.21. The summed E-state index contributed by atoms with van der Waals surface area (Å²) in [7, 11) is 0. The smallest absolute Gasteiger partial charge is 0.0674 e. The Morgan fingerprint density at radius 1 is 1.37 bits per heavy atom. The standard InChI is InChI=1S/C16H26N2O/c1-3-14-5-7-15(8-6-14)16(11-17)18-9-4-10-19-13(2)12-18/h5-8,13,16H,3-4,9-12,17H2,1-2H3. The highest BCUT2D eigenvalue weighted by atomic mass is 16.5. The minimum Gasteiger partial charge on any atom is -0.377 e. The van der Waals surface area contributed by atoms with Gasteiger partial charge in [-0.1, -0.05) is 31.2 Å². The second-order valence-electron chi connectivity index (χ2n) is 5.38. The van der Waals surface area contributed by atoms with Crippen molar-refractivity contribution in [2.24, 2.45) is 5.73 Å². The fourth-order valence-electron chi connectivity index (χ4n) is 2.78. The van der Waals surface area contributed by atoms with Gasteiger partial charge in [0.05, 0.1) is 6.10 Å². The number of aryl methyl sites for hydroxylation is 1. The topological polar surface area (TPSA) is 38.5 Å². The van der Waals surface area contributed by atoms with Crippen molar-refractivity contribution in [2.75, 3.05) is 26.2 Å². The molecule has 0 amide bonds. The third kappa shape index (κ3) is 3.78. The van der Waals surface area contributed by atoms with E-state index >= 15 is 0 Å². The van der Waals surface area contributed by atoms with Crippen molar-refractivity contribution in [3.8, 4) is 0 Å². The summed E-state index contributed by atoms with van der Waals surface area (Å²) in [5.74, 6) is 0. The van der Waals surface area contributed by atoms with Crippen molar-refractivity contribution < 1.29 is 4.74 Å². The molecule has 0 spiro atoms. The molecule has 1 aliphatic rings. The zero-order chi connectivity index (χ0) is 13.7. The zero-order valence-electron chi connectivity index (χ0n) is 12.1. The highest BCUT2D eigenvalue weighted by molar-refractivity contribution is 5.25. The zero-order valence-corrected chi connectivity index (χ0v) is 12.1. The Morgan fingerprint density at radius 2 is 2.11 bits per heavy atom. The molecule has 19 heavy (non-hydrogen) atoms. The molecule has 0 radical (unpaired) electrons. The van der Waals surface area contributed by atoms with Crippen molar-refractivity contribution in [3.05, 3.63) is 35.4 Å². The van der Waals surface area contributed by atoms with Crippen LogP contribution >= 0.6 is 0 Å². The maximum absolute atomic E-state index is 6.02. The summed E-state index contributed by atoms with van der Waals surface area (Å²) in [5, 5.41) is 0. The van der Waals surface area contributed by atoms with E-state index in [9.17, 15) is 0 Å². The fourth-order valence-corrected chi connectivity index (χ4v) is 2.78. The van der Waals surface area contributed by atoms with Crippen LogP contribution < -0.4 is 5.73 Å². The number of ether oxygens (including phenoxy) is 1. The molecule has 1 fully saturated rings. The molecule has 2 unspecified atom stereocenters. The predicted molar refractivity (Wildman–Crippen MR) is 79.2 cm³/mol. The maximum Gasteiger partial charge on any atom is 0.0674 e. The van der Waals surface area contributed by atoms with E-state index in [-0.39, 0.29) is 0 Å². The molecule has 3 heteroatoms. The first-order chi connectivity index (χ1) is 9.24. The Hall–Kier alpha value is -0.900. The summed E-state index contributed by atoms with van der Waals surface area (Å²) < 4.78 is 5.72. The Kier molecular flexibility index (Phi) is 5.37. The van der Waals surface area contributed by atoms with Gasteiger partial charge in [0.15, 0.2) is 0 Å². The lowest BCUT2D eigenvalue weighted by molar-refractivity contribution is 0.0612. The van der Waals surface area contributed by atoms with Gasteiger partial charge in [-0.05, 0) is 30.9 Å². The molecule has 1 aliphatic heterocycles. The molecule has 1 aromatic carbocycles. The Labute approximate surface area is 116 Å². The normalized spacial score (nSPS) is 23.0. The van der Waals surface area contributed by atoms with Crippen LogP contribution in [0, 0.1) is 0 Å². The number of hydrogen-bond donors (Lipinski definition) is 1. The van der Waals surface area contributed by atoms with E-state index in [4.69, 9.17) is 10.5 Å². The van der Waals surface area contributed by atoms with Crippen LogP contribution in [0.4, 0.5) is 0 Å². The monoisotopic (exact) mass is 262 g/mol. The van der Waals surface area contributed by atoms with Gasteiger partial charge in [0, 0.05) is 32.3 Å². The Morgan fingerprint density at radius 3 is 2.74 bits per heavy atom. The molecule has 0 bridgehead atoms. The first-order valence-electron chi connectivity index (χ1n) is 7.39. The largest absolute Gasteiger partial charge is 0.377 e. The first kappa shape index (κ1) is 14.5. The van der Waals surface area contributed by atoms with Crippen LogP contribution in [0.15, 0.2) is 24.3 Å². The van der Waals surface area contributed by atoms with Crippen LogP contribution in [0.5, 0.6) is 0 Å². The van der Waals surface area contributed by atoms with Crippen molar-refractivity contribution in [1.82, 2.24) is 4.90 Å². The van der Waals surface area contributed by atoms with Crippen molar-refractivity contribution >= 4 is 0 Å². The lowest BCUT2D eigenvalue weighted by Gasteiger charge is -2.31. The van der Waals surface area contributed by atoms with Crippen LogP contribution in [0.25, 0.3) is 0 Å². The van der Waals surface area contributed by atoms with Gasteiger partial charge in [-0.2, -0.15) is 0 Å². The van der Waals surface area contributed by atoms with Gasteiger partial charge in [-0.15, -0.1) is 0 Å². The Bertz CT molecular complexity index is 377. The predicted octanol–water partition coefficient (Wildman–Crippen LogP) is 2.36. The highest BCUT2D eigenvalue weighted by Crippen LogP contribution is 2.22. The third-order valence-corrected chi connectivity index (χ3v) is 3.92. The van der Waals surface area contributed by atoms with Crippen molar-refractivity contribution in [2.45, 2.75) is 38.8 Å². The summed E-state index contributed by atoms with van der Waals surface area (Å²) in [4.78, 5) is 2.47. The molecule has 2 rings (SSSR count). The molecular formula is C16H26N2O. The van der Waals surface area contributed by atoms with Gasteiger partial charge in [-0.25, -0.2) is 0 Å². The van der Waals surface area contributed by atoms with Gasteiger partial charge in [-0.3, -0.25) is 4.90 Å². The third-order valence-electron chi connectivity index (χ3n) is 3.92. The molecular weight excluding hydrogens is 236 g/mol. The lowest BCUT2D eigenvalue weighted by atomic mass is 10.0. The first-order valence-corrected chi connectivity index (χ1v) is 7.39. The van der Waals surface area contributed by atoms with E-state index in [0.29, 0.717) is 18.7 Å². The summed E-state index contributed by atoms with van der Waals surface area (Å²) in [6.45, 7) is 7.90. The van der Waals surface area contributed by atoms with E-state index in [1.54, 1.807) is 0 Å². The average molecular weight is 262 g/mol. The quantitative estimate of drug-likeness (QED) is 0.905. The fraction of sp³-hybridized carbons (Fsp3) is 0.625. The number of nitrogens with zero attached hydrogens (tertiary/aromatic N) is 1. The van der Waals surface area contributed by atoms with Crippen LogP contribution in [0.1, 0.15) is 37.4 Å². The molecule has 1 heterocycles. The van der Waals surface area contributed by atoms with Crippen LogP contribution in [0.2, 0.25) is 0 Å². The van der Waals surface area contributed by atoms with Crippen molar-refractivity contribution in [1.29, 1.82) is 0 Å². The SMILES string of the molecule is CCc1ccc(C(CN)N2CCCOC(C)C2)cc1. The number of rotatable bonds is 4. The van der Waals surface area contributed by atoms with Gasteiger partial charge < -0.3 is 10.5 Å². The molecule has 106 valence electrons. The van der Waals surface area contributed by atoms with E-state index < -0.39 is 0 Å². The molecule has 0 aromatic heterocycles. The minimum absolute atomic E-state index is 0.298. The van der Waals surface area contributed by atoms with Gasteiger partial charge >= 0.3 is 0 Å². The van der Waals surface area contributed by atoms with E-state index in [2.05, 4.69) is 43.0 Å². The summed E-state index contributed by atoms with van der Waals surface area (Å²) in [5.41, 5.74) is 8.73. The molecule has 1 saturated heterocycles. The van der Waals surface area contributed by atoms with Gasteiger partial charge in [0.1, 0.15) is 0 Å². The van der Waals surface area contributed by atoms with Gasteiger partial charge in [0.2, 0.25) is 0 Å². The molecule has 2 atom stereocenters. The number of nitrogens with two attached hydrogens (primary N) is 1. The lowest BCUT2D eigenvalue weighted by Crippen LogP contribution is -2.37.